The smallest absolute Gasteiger partial charge is 0.267 e. The fourth-order valence-electron chi connectivity index (χ4n) is 3.41. The highest BCUT2D eigenvalue weighted by atomic mass is 32.1. The van der Waals surface area contributed by atoms with Crippen molar-refractivity contribution in [3.63, 3.8) is 0 Å². The molecule has 5 rings (SSSR count). The van der Waals surface area contributed by atoms with Crippen molar-refractivity contribution in [1.29, 1.82) is 0 Å². The Kier molecular flexibility index (Phi) is 4.40. The molecule has 0 spiro atoms. The molecule has 0 aliphatic rings. The van der Waals surface area contributed by atoms with E-state index in [1.165, 1.54) is 30.2 Å². The molecule has 156 valence electrons. The summed E-state index contributed by atoms with van der Waals surface area (Å²) in [6.07, 6.45) is 1.47. The highest BCUT2D eigenvalue weighted by Crippen LogP contribution is 2.38. The zero-order chi connectivity index (χ0) is 21.8. The number of carbonyl (C=O) groups excluding carboxylic acids is 1. The predicted molar refractivity (Wildman–Crippen MR) is 122 cm³/mol. The van der Waals surface area contributed by atoms with Crippen LogP contribution in [0.5, 0.6) is 11.6 Å². The van der Waals surface area contributed by atoms with Gasteiger partial charge in [-0.15, -0.1) is 0 Å². The van der Waals surface area contributed by atoms with Crippen LogP contribution in [0.15, 0.2) is 47.1 Å². The maximum atomic E-state index is 11.4. The fourth-order valence-corrected chi connectivity index (χ4v) is 4.34. The molecule has 2 aromatic carbocycles. The second-order valence-corrected chi connectivity index (χ2v) is 9.36. The molecule has 0 radical (unpaired) electrons. The molecule has 0 aliphatic heterocycles. The minimum absolute atomic E-state index is 0.00402. The number of fused-ring (bicyclic) bond motifs is 4. The lowest BCUT2D eigenvalue weighted by atomic mass is 9.87. The number of nitrogens with zero attached hydrogens (tertiary/aromatic N) is 3. The molecule has 0 fully saturated rings. The second kappa shape index (κ2) is 7.02. The molecule has 0 atom stereocenters. The third-order valence-electron chi connectivity index (χ3n) is 4.96. The first kappa shape index (κ1) is 19.4. The van der Waals surface area contributed by atoms with Gasteiger partial charge >= 0.3 is 0 Å². The summed E-state index contributed by atoms with van der Waals surface area (Å²) in [4.78, 5) is 24.6. The number of anilines is 1. The van der Waals surface area contributed by atoms with E-state index in [4.69, 9.17) is 9.15 Å². The first-order chi connectivity index (χ1) is 14.8. The maximum Gasteiger partial charge on any atom is 0.267 e. The summed E-state index contributed by atoms with van der Waals surface area (Å²) in [6, 6.07) is 11.8. The van der Waals surface area contributed by atoms with E-state index in [0.29, 0.717) is 33.4 Å². The van der Waals surface area contributed by atoms with Crippen molar-refractivity contribution in [2.24, 2.45) is 0 Å². The van der Waals surface area contributed by atoms with Gasteiger partial charge in [0.25, 0.3) is 5.88 Å². The van der Waals surface area contributed by atoms with Crippen LogP contribution in [-0.4, -0.2) is 20.9 Å². The fraction of sp³-hybridized carbons (Fsp3) is 0.217. The van der Waals surface area contributed by atoms with Crippen LogP contribution in [0, 0.1) is 0 Å². The van der Waals surface area contributed by atoms with Gasteiger partial charge in [0.2, 0.25) is 11.5 Å². The van der Waals surface area contributed by atoms with Crippen molar-refractivity contribution >= 4 is 54.7 Å². The van der Waals surface area contributed by atoms with Crippen LogP contribution >= 0.6 is 11.3 Å². The molecule has 1 N–H and O–H groups in total. The summed E-state index contributed by atoms with van der Waals surface area (Å²) in [7, 11) is 0. The first-order valence-electron chi connectivity index (χ1n) is 9.82. The van der Waals surface area contributed by atoms with Crippen molar-refractivity contribution < 1.29 is 13.9 Å². The van der Waals surface area contributed by atoms with E-state index in [1.54, 1.807) is 0 Å². The van der Waals surface area contributed by atoms with Crippen molar-refractivity contribution in [2.75, 3.05) is 5.32 Å². The van der Waals surface area contributed by atoms with E-state index in [0.717, 1.165) is 15.7 Å². The molecule has 7 nitrogen and oxygen atoms in total. The van der Waals surface area contributed by atoms with Crippen molar-refractivity contribution in [3.8, 4) is 11.6 Å². The number of aromatic nitrogens is 3. The van der Waals surface area contributed by atoms with E-state index < -0.39 is 0 Å². The molecule has 3 heterocycles. The molecular formula is C23H20N4O3S. The molecule has 3 aromatic heterocycles. The largest absolute Gasteiger partial charge is 0.449 e. The van der Waals surface area contributed by atoms with Gasteiger partial charge in [-0.3, -0.25) is 4.79 Å². The zero-order valence-electron chi connectivity index (χ0n) is 17.5. The minimum atomic E-state index is -0.170. The Labute approximate surface area is 182 Å². The van der Waals surface area contributed by atoms with E-state index in [-0.39, 0.29) is 11.3 Å². The molecule has 0 bridgehead atoms. The lowest BCUT2D eigenvalue weighted by Gasteiger charge is -2.18. The Hall–Kier alpha value is -3.52. The van der Waals surface area contributed by atoms with Crippen molar-refractivity contribution in [3.05, 3.63) is 48.3 Å². The van der Waals surface area contributed by atoms with Gasteiger partial charge in [0.15, 0.2) is 10.9 Å². The summed E-state index contributed by atoms with van der Waals surface area (Å²) in [5.74, 6) is 0.678. The lowest BCUT2D eigenvalue weighted by Crippen LogP contribution is -2.10. The number of hydrogen-bond acceptors (Lipinski definition) is 7. The van der Waals surface area contributed by atoms with Gasteiger partial charge in [-0.1, -0.05) is 44.2 Å². The number of thiazole rings is 1. The van der Waals surface area contributed by atoms with Crippen LogP contribution in [0.1, 0.15) is 33.3 Å². The summed E-state index contributed by atoms with van der Waals surface area (Å²) in [5, 5.41) is 4.15. The molecular weight excluding hydrogens is 412 g/mol. The van der Waals surface area contributed by atoms with Crippen LogP contribution in [-0.2, 0) is 10.2 Å². The Morgan fingerprint density at radius 3 is 2.74 bits per heavy atom. The zero-order valence-corrected chi connectivity index (χ0v) is 18.3. The third kappa shape index (κ3) is 3.48. The van der Waals surface area contributed by atoms with Crippen LogP contribution < -0.4 is 10.1 Å². The number of hydrogen-bond donors (Lipinski definition) is 1. The predicted octanol–water partition coefficient (Wildman–Crippen LogP) is 6.03. The Morgan fingerprint density at radius 1 is 1.13 bits per heavy atom. The van der Waals surface area contributed by atoms with E-state index in [9.17, 15) is 4.79 Å². The van der Waals surface area contributed by atoms with Crippen LogP contribution in [0.3, 0.4) is 0 Å². The van der Waals surface area contributed by atoms with Gasteiger partial charge in [0, 0.05) is 12.3 Å². The van der Waals surface area contributed by atoms with Gasteiger partial charge in [-0.2, -0.15) is 4.98 Å². The van der Waals surface area contributed by atoms with Crippen molar-refractivity contribution in [1.82, 2.24) is 15.0 Å². The van der Waals surface area contributed by atoms with Crippen molar-refractivity contribution in [2.45, 2.75) is 33.1 Å². The van der Waals surface area contributed by atoms with E-state index in [1.807, 2.05) is 30.3 Å². The minimum Gasteiger partial charge on any atom is -0.449 e. The second-order valence-electron chi connectivity index (χ2n) is 8.32. The molecule has 0 saturated heterocycles. The number of rotatable bonds is 3. The summed E-state index contributed by atoms with van der Waals surface area (Å²) in [6.45, 7) is 7.94. The van der Waals surface area contributed by atoms with Gasteiger partial charge in [-0.05, 0) is 35.2 Å². The first-order valence-corrected chi connectivity index (χ1v) is 10.6. The highest BCUT2D eigenvalue weighted by Gasteiger charge is 2.20. The average molecular weight is 433 g/mol. The van der Waals surface area contributed by atoms with Crippen LogP contribution in [0.4, 0.5) is 5.13 Å². The number of carbonyl (C=O) groups is 1. The van der Waals surface area contributed by atoms with Crippen LogP contribution in [0.2, 0.25) is 0 Å². The number of para-hydroxylation sites is 1. The number of benzene rings is 2. The Balaban J connectivity index is 1.61. The molecule has 8 heteroatoms. The average Bonchev–Trinajstić information content (AvgIpc) is 3.28. The van der Waals surface area contributed by atoms with E-state index >= 15 is 0 Å². The third-order valence-corrected chi connectivity index (χ3v) is 5.89. The van der Waals surface area contributed by atoms with Gasteiger partial charge in [-0.25, -0.2) is 9.97 Å². The number of amides is 1. The number of ether oxygens (including phenoxy) is 1. The highest BCUT2D eigenvalue weighted by molar-refractivity contribution is 7.22. The quantitative estimate of drug-likeness (QED) is 0.374. The summed E-state index contributed by atoms with van der Waals surface area (Å²) < 4.78 is 13.2. The maximum absolute atomic E-state index is 11.4. The number of furan rings is 1. The number of nitrogens with one attached hydrogen (secondary N) is 1. The monoisotopic (exact) mass is 432 g/mol. The van der Waals surface area contributed by atoms with E-state index in [2.05, 4.69) is 47.1 Å². The summed E-state index contributed by atoms with van der Waals surface area (Å²) >= 11 is 1.38. The SMILES string of the molecule is CC(=O)Nc1nc2c(Oc3ncnc4c3oc3cc(C(C)(C)C)ccc34)cccc2s1. The molecule has 5 aromatic rings. The topological polar surface area (TPSA) is 90.1 Å². The molecule has 0 aliphatic carbocycles. The Bertz CT molecular complexity index is 1460. The standard InChI is InChI=1S/C23H20N4O3S/c1-12(28)26-22-27-19-15(6-5-7-17(19)31-22)30-21-20-18(24-11-25-21)14-9-8-13(23(2,3)4)10-16(14)29-20/h5-11H,1-4H3,(H,26,27,28). The molecule has 0 unspecified atom stereocenters. The summed E-state index contributed by atoms with van der Waals surface area (Å²) in [5.41, 5.74) is 3.75. The van der Waals surface area contributed by atoms with Crippen LogP contribution in [0.25, 0.3) is 32.3 Å². The van der Waals surface area contributed by atoms with Gasteiger partial charge in [0.05, 0.1) is 4.70 Å². The normalized spacial score (nSPS) is 12.0. The molecule has 0 saturated carbocycles. The Morgan fingerprint density at radius 2 is 1.97 bits per heavy atom. The van der Waals surface area contributed by atoms with Gasteiger partial charge in [0.1, 0.15) is 22.9 Å². The lowest BCUT2D eigenvalue weighted by molar-refractivity contribution is -0.114. The molecule has 31 heavy (non-hydrogen) atoms. The van der Waals surface area contributed by atoms with Gasteiger partial charge < -0.3 is 14.5 Å². The molecule has 1 amide bonds.